The van der Waals surface area contributed by atoms with E-state index in [0.717, 1.165) is 5.56 Å². The lowest BCUT2D eigenvalue weighted by Gasteiger charge is -2.11. The van der Waals surface area contributed by atoms with Crippen molar-refractivity contribution >= 4 is 17.6 Å². The third-order valence-corrected chi connectivity index (χ3v) is 4.83. The molecule has 4 nitrogen and oxygen atoms in total. The number of carbonyl (C=O) groups is 2. The van der Waals surface area contributed by atoms with Gasteiger partial charge in [-0.25, -0.2) is 0 Å². The van der Waals surface area contributed by atoms with Crippen molar-refractivity contribution in [1.29, 1.82) is 0 Å². The van der Waals surface area contributed by atoms with E-state index in [1.165, 1.54) is 0 Å². The van der Waals surface area contributed by atoms with E-state index in [9.17, 15) is 9.59 Å². The number of Topliss-reactive ketones (excluding diaryl/α,β-unsaturated/α-hetero) is 2. The van der Waals surface area contributed by atoms with Crippen LogP contribution in [-0.2, 0) is 0 Å². The number of hydrogen-bond acceptors (Lipinski definition) is 4. The van der Waals surface area contributed by atoms with Crippen LogP contribution in [0.3, 0.4) is 0 Å². The predicted molar refractivity (Wildman–Crippen MR) is 116 cm³/mol. The molecule has 0 aliphatic carbocycles. The van der Waals surface area contributed by atoms with Crippen molar-refractivity contribution in [3.63, 3.8) is 0 Å². The van der Waals surface area contributed by atoms with Gasteiger partial charge in [-0.3, -0.25) is 9.59 Å². The molecule has 0 fully saturated rings. The van der Waals surface area contributed by atoms with Gasteiger partial charge < -0.3 is 9.47 Å². The monoisotopic (exact) mass is 396 g/mol. The van der Waals surface area contributed by atoms with Gasteiger partial charge in [-0.1, -0.05) is 72.8 Å². The van der Waals surface area contributed by atoms with E-state index in [4.69, 9.17) is 9.47 Å². The van der Waals surface area contributed by atoms with Crippen LogP contribution in [0.1, 0.15) is 31.8 Å². The second kappa shape index (κ2) is 8.62. The van der Waals surface area contributed by atoms with Crippen molar-refractivity contribution in [2.45, 2.75) is 6.92 Å². The first-order valence-corrected chi connectivity index (χ1v) is 9.64. The zero-order chi connectivity index (χ0) is 20.9. The number of allylic oxidation sites excluding steroid dienone is 3. The van der Waals surface area contributed by atoms with Crippen LogP contribution >= 0.6 is 0 Å². The summed E-state index contributed by atoms with van der Waals surface area (Å²) in [6.07, 6.45) is 5.36. The topological polar surface area (TPSA) is 52.6 Å². The highest BCUT2D eigenvalue weighted by molar-refractivity contribution is 6.13. The van der Waals surface area contributed by atoms with E-state index >= 15 is 0 Å². The van der Waals surface area contributed by atoms with Gasteiger partial charge in [0.15, 0.2) is 18.1 Å². The Balaban J connectivity index is 1.48. The molecule has 0 aromatic heterocycles. The summed E-state index contributed by atoms with van der Waals surface area (Å²) >= 11 is 0. The van der Waals surface area contributed by atoms with Crippen molar-refractivity contribution in [3.05, 3.63) is 113 Å². The average molecular weight is 396 g/mol. The molecule has 0 radical (unpaired) electrons. The van der Waals surface area contributed by atoms with Crippen LogP contribution < -0.4 is 9.47 Å². The molecule has 0 saturated carbocycles. The van der Waals surface area contributed by atoms with Crippen molar-refractivity contribution in [3.8, 4) is 11.5 Å². The van der Waals surface area contributed by atoms with E-state index in [1.807, 2.05) is 61.5 Å². The molecule has 4 rings (SSSR count). The van der Waals surface area contributed by atoms with E-state index in [2.05, 4.69) is 0 Å². The summed E-state index contributed by atoms with van der Waals surface area (Å²) in [5.74, 6) is 0.977. The molecule has 1 aliphatic heterocycles. The Morgan fingerprint density at radius 1 is 0.967 bits per heavy atom. The van der Waals surface area contributed by atoms with Crippen molar-refractivity contribution in [1.82, 2.24) is 0 Å². The Kier molecular flexibility index (Phi) is 5.57. The summed E-state index contributed by atoms with van der Waals surface area (Å²) in [7, 11) is 0. The smallest absolute Gasteiger partial charge is 0.231 e. The molecule has 0 atom stereocenters. The molecule has 0 N–H and O–H groups in total. The van der Waals surface area contributed by atoms with Crippen LogP contribution in [0.4, 0.5) is 0 Å². The molecular formula is C26H20O4. The van der Waals surface area contributed by atoms with E-state index in [-0.39, 0.29) is 23.9 Å². The van der Waals surface area contributed by atoms with Gasteiger partial charge in [0.2, 0.25) is 5.78 Å². The minimum Gasteiger partial charge on any atom is -0.485 e. The summed E-state index contributed by atoms with van der Waals surface area (Å²) in [6, 6.07) is 22.2. The Hall–Kier alpha value is -3.92. The first-order chi connectivity index (χ1) is 14.6. The van der Waals surface area contributed by atoms with Crippen LogP contribution in [-0.4, -0.2) is 18.2 Å². The lowest BCUT2D eigenvalue weighted by molar-refractivity contribution is 0.0920. The molecule has 3 aromatic rings. The highest BCUT2D eigenvalue weighted by atomic mass is 16.5. The molecule has 0 spiro atoms. The number of ether oxygens (including phenoxy) is 2. The fourth-order valence-corrected chi connectivity index (χ4v) is 3.20. The minimum absolute atomic E-state index is 0.0832. The first-order valence-electron chi connectivity index (χ1n) is 9.64. The normalized spacial score (nSPS) is 14.0. The molecule has 0 saturated heterocycles. The second-order valence-corrected chi connectivity index (χ2v) is 6.88. The minimum atomic E-state index is -0.169. The molecule has 1 aliphatic rings. The summed E-state index contributed by atoms with van der Waals surface area (Å²) < 4.78 is 11.5. The number of ketones is 2. The van der Waals surface area contributed by atoms with Crippen molar-refractivity contribution < 1.29 is 19.1 Å². The third kappa shape index (κ3) is 4.08. The maximum atomic E-state index is 12.6. The van der Waals surface area contributed by atoms with Gasteiger partial charge in [0.25, 0.3) is 0 Å². The molecule has 1 heterocycles. The Morgan fingerprint density at radius 2 is 1.67 bits per heavy atom. The molecule has 0 unspecified atom stereocenters. The number of fused-ring (bicyclic) bond motifs is 1. The van der Waals surface area contributed by atoms with E-state index < -0.39 is 0 Å². The summed E-state index contributed by atoms with van der Waals surface area (Å²) in [5.41, 5.74) is 2.82. The van der Waals surface area contributed by atoms with Crippen LogP contribution in [0.5, 0.6) is 11.5 Å². The van der Waals surface area contributed by atoms with Gasteiger partial charge >= 0.3 is 0 Å². The Morgan fingerprint density at radius 3 is 2.40 bits per heavy atom. The van der Waals surface area contributed by atoms with Gasteiger partial charge in [-0.05, 0) is 30.7 Å². The lowest BCUT2D eigenvalue weighted by atomic mass is 10.1. The molecule has 3 aromatic carbocycles. The standard InChI is InChI=1S/C26H20O4/c1-18-23(29-17-22(27)20-12-6-3-7-13-20)16-15-21-25(28)24(30-26(18)21)14-8-11-19-9-4-2-5-10-19/h2-16H,17H2,1H3/b11-8+,24-14-. The fourth-order valence-electron chi connectivity index (χ4n) is 3.20. The summed E-state index contributed by atoms with van der Waals surface area (Å²) in [6.45, 7) is 1.73. The number of carbonyl (C=O) groups excluding carboxylic acids is 2. The van der Waals surface area contributed by atoms with Crippen molar-refractivity contribution in [2.24, 2.45) is 0 Å². The van der Waals surface area contributed by atoms with Gasteiger partial charge in [0.1, 0.15) is 11.5 Å². The molecule has 4 heteroatoms. The molecular weight excluding hydrogens is 376 g/mol. The van der Waals surface area contributed by atoms with Gasteiger partial charge in [0.05, 0.1) is 5.56 Å². The van der Waals surface area contributed by atoms with Crippen LogP contribution in [0.2, 0.25) is 0 Å². The Labute approximate surface area is 175 Å². The van der Waals surface area contributed by atoms with Gasteiger partial charge in [-0.2, -0.15) is 0 Å². The zero-order valence-electron chi connectivity index (χ0n) is 16.5. The Bertz CT molecular complexity index is 1140. The second-order valence-electron chi connectivity index (χ2n) is 6.88. The SMILES string of the molecule is Cc1c(OCC(=O)c2ccccc2)ccc2c1O/C(=C\C=C\c1ccccc1)C2=O. The fraction of sp³-hybridized carbons (Fsp3) is 0.0769. The highest BCUT2D eigenvalue weighted by Crippen LogP contribution is 2.38. The quantitative estimate of drug-likeness (QED) is 0.412. The highest BCUT2D eigenvalue weighted by Gasteiger charge is 2.29. The predicted octanol–water partition coefficient (Wildman–Crippen LogP) is 5.43. The lowest BCUT2D eigenvalue weighted by Crippen LogP contribution is -2.12. The molecule has 30 heavy (non-hydrogen) atoms. The maximum absolute atomic E-state index is 12.6. The summed E-state index contributed by atoms with van der Waals surface area (Å²) in [5, 5.41) is 0. The number of benzene rings is 3. The van der Waals surface area contributed by atoms with E-state index in [0.29, 0.717) is 28.2 Å². The summed E-state index contributed by atoms with van der Waals surface area (Å²) in [4.78, 5) is 24.9. The van der Waals surface area contributed by atoms with Gasteiger partial charge in [-0.15, -0.1) is 0 Å². The zero-order valence-corrected chi connectivity index (χ0v) is 16.5. The first kappa shape index (κ1) is 19.4. The molecule has 148 valence electrons. The molecule has 0 bridgehead atoms. The third-order valence-electron chi connectivity index (χ3n) is 4.83. The van der Waals surface area contributed by atoms with Crippen LogP contribution in [0, 0.1) is 6.92 Å². The van der Waals surface area contributed by atoms with Gasteiger partial charge in [0, 0.05) is 11.1 Å². The number of hydrogen-bond donors (Lipinski definition) is 0. The maximum Gasteiger partial charge on any atom is 0.231 e. The number of rotatable bonds is 6. The van der Waals surface area contributed by atoms with Crippen LogP contribution in [0.25, 0.3) is 6.08 Å². The average Bonchev–Trinajstić information content (AvgIpc) is 3.11. The van der Waals surface area contributed by atoms with Crippen molar-refractivity contribution in [2.75, 3.05) is 6.61 Å². The van der Waals surface area contributed by atoms with E-state index in [1.54, 1.807) is 36.4 Å². The molecule has 0 amide bonds. The van der Waals surface area contributed by atoms with Crippen LogP contribution in [0.15, 0.2) is 90.7 Å². The largest absolute Gasteiger partial charge is 0.485 e.